The predicted molar refractivity (Wildman–Crippen MR) is 72.6 cm³/mol. The van der Waals surface area contributed by atoms with Crippen molar-refractivity contribution in [3.8, 4) is 0 Å². The number of carbonyl (C=O) groups is 2. The molecule has 0 saturated heterocycles. The summed E-state index contributed by atoms with van der Waals surface area (Å²) in [7, 11) is 0. The van der Waals surface area contributed by atoms with Crippen molar-refractivity contribution in [2.45, 2.75) is 67.2 Å². The summed E-state index contributed by atoms with van der Waals surface area (Å²) in [5, 5.41) is 16.6. The Hall–Kier alpha value is -1.06. The second-order valence-electron chi connectivity index (χ2n) is 6.72. The number of hydrogen-bond donors (Lipinski definition) is 2. The van der Waals surface area contributed by atoms with Crippen molar-refractivity contribution in [2.75, 3.05) is 0 Å². The molecule has 4 heteroatoms. The zero-order valence-electron chi connectivity index (χ0n) is 12.5. The summed E-state index contributed by atoms with van der Waals surface area (Å²) in [6.45, 7) is 11.5. The average molecular weight is 260 g/mol. The summed E-state index contributed by atoms with van der Waals surface area (Å²) in [6, 6.07) is 0. The molecule has 0 bridgehead atoms. The van der Waals surface area contributed by atoms with E-state index in [1.54, 1.807) is 20.8 Å². The van der Waals surface area contributed by atoms with E-state index in [0.717, 1.165) is 19.3 Å². The molecule has 0 fully saturated rings. The van der Waals surface area contributed by atoms with E-state index in [4.69, 9.17) is 10.2 Å². The van der Waals surface area contributed by atoms with Crippen LogP contribution < -0.4 is 0 Å². The monoisotopic (exact) mass is 260 g/mol. The maximum atomic E-state index is 10.1. The van der Waals surface area contributed by atoms with Gasteiger partial charge in [0.15, 0.2) is 0 Å². The second kappa shape index (κ2) is 8.11. The molecule has 0 unspecified atom stereocenters. The predicted octanol–water partition coefficient (Wildman–Crippen LogP) is 3.79. The molecule has 0 aliphatic carbocycles. The summed E-state index contributed by atoms with van der Waals surface area (Å²) in [5.74, 6) is -1.44. The second-order valence-corrected chi connectivity index (χ2v) is 6.72. The van der Waals surface area contributed by atoms with E-state index in [-0.39, 0.29) is 0 Å². The van der Waals surface area contributed by atoms with Crippen LogP contribution in [0.2, 0.25) is 0 Å². The average Bonchev–Trinajstić information content (AvgIpc) is 2.10. The number of rotatable bonds is 4. The van der Waals surface area contributed by atoms with Crippen LogP contribution >= 0.6 is 0 Å². The molecule has 4 nitrogen and oxygen atoms in total. The highest BCUT2D eigenvalue weighted by Crippen LogP contribution is 2.21. The van der Waals surface area contributed by atoms with E-state index < -0.39 is 17.4 Å². The molecule has 0 aliphatic rings. The maximum Gasteiger partial charge on any atom is 0.308 e. The van der Waals surface area contributed by atoms with E-state index >= 15 is 0 Å². The maximum absolute atomic E-state index is 10.1. The van der Waals surface area contributed by atoms with Crippen molar-refractivity contribution in [3.05, 3.63) is 0 Å². The van der Waals surface area contributed by atoms with E-state index in [1.165, 1.54) is 0 Å². The number of carboxylic acid groups (broad SMARTS) is 2. The van der Waals surface area contributed by atoms with Gasteiger partial charge in [-0.3, -0.25) is 9.59 Å². The molecule has 0 heterocycles. The quantitative estimate of drug-likeness (QED) is 0.754. The first-order valence-electron chi connectivity index (χ1n) is 6.31. The molecular formula is C14H28O4. The van der Waals surface area contributed by atoms with Crippen molar-refractivity contribution >= 4 is 11.9 Å². The summed E-state index contributed by atoms with van der Waals surface area (Å²) in [5.41, 5.74) is -0.238. The van der Waals surface area contributed by atoms with E-state index in [1.807, 2.05) is 0 Å². The molecule has 0 atom stereocenters. The van der Waals surface area contributed by atoms with Gasteiger partial charge in [0.1, 0.15) is 0 Å². The first-order valence-corrected chi connectivity index (χ1v) is 6.31. The molecule has 0 rings (SSSR count). The highest BCUT2D eigenvalue weighted by molar-refractivity contribution is 5.72. The molecule has 0 amide bonds. The van der Waals surface area contributed by atoms with Crippen LogP contribution in [-0.2, 0) is 9.59 Å². The van der Waals surface area contributed by atoms with Crippen molar-refractivity contribution in [2.24, 2.45) is 10.8 Å². The normalized spacial score (nSPS) is 11.4. The van der Waals surface area contributed by atoms with Crippen LogP contribution in [0.4, 0.5) is 0 Å². The zero-order chi connectivity index (χ0) is 15.0. The van der Waals surface area contributed by atoms with Gasteiger partial charge >= 0.3 is 11.9 Å². The molecule has 0 radical (unpaired) electrons. The highest BCUT2D eigenvalue weighted by atomic mass is 16.4. The Balaban J connectivity index is 0. The lowest BCUT2D eigenvalue weighted by molar-refractivity contribution is -0.145. The Morgan fingerprint density at radius 1 is 0.889 bits per heavy atom. The number of carboxylic acids is 2. The van der Waals surface area contributed by atoms with Crippen molar-refractivity contribution < 1.29 is 19.8 Å². The smallest absolute Gasteiger partial charge is 0.308 e. The Morgan fingerprint density at radius 3 is 1.50 bits per heavy atom. The van der Waals surface area contributed by atoms with Gasteiger partial charge in [-0.1, -0.05) is 27.2 Å². The van der Waals surface area contributed by atoms with Gasteiger partial charge < -0.3 is 10.2 Å². The Bertz CT molecular complexity index is 256. The molecule has 18 heavy (non-hydrogen) atoms. The van der Waals surface area contributed by atoms with Crippen LogP contribution in [0.25, 0.3) is 0 Å². The molecule has 2 N–H and O–H groups in total. The fraction of sp³-hybridized carbons (Fsp3) is 0.857. The molecule has 0 saturated carbocycles. The first kappa shape index (κ1) is 19.3. The third-order valence-corrected chi connectivity index (χ3v) is 2.21. The Labute approximate surface area is 110 Å². The third-order valence-electron chi connectivity index (χ3n) is 2.21. The molecule has 0 aromatic heterocycles. The number of hydrogen-bond acceptors (Lipinski definition) is 2. The minimum atomic E-state index is -0.757. The van der Waals surface area contributed by atoms with Gasteiger partial charge in [0.2, 0.25) is 0 Å². The molecular weight excluding hydrogens is 232 g/mol. The highest BCUT2D eigenvalue weighted by Gasteiger charge is 2.18. The third kappa shape index (κ3) is 17.3. The largest absolute Gasteiger partial charge is 0.481 e. The lowest BCUT2D eigenvalue weighted by atomic mass is 9.89. The van der Waals surface area contributed by atoms with Crippen molar-refractivity contribution in [3.63, 3.8) is 0 Å². The standard InChI is InChI=1S/C9H18O2.C5H10O2/c1-9(2,3)7-5-4-6-8(10)11;1-5(2,3)4(6)7/h4-7H2,1-3H3,(H,10,11);1-3H3,(H,6,7). The molecule has 108 valence electrons. The van der Waals surface area contributed by atoms with Gasteiger partial charge in [-0.25, -0.2) is 0 Å². The fourth-order valence-corrected chi connectivity index (χ4v) is 0.932. The van der Waals surface area contributed by atoms with E-state index in [2.05, 4.69) is 20.8 Å². The number of aliphatic carboxylic acids is 2. The summed E-state index contributed by atoms with van der Waals surface area (Å²) in [6.07, 6.45) is 3.26. The van der Waals surface area contributed by atoms with Crippen LogP contribution in [-0.4, -0.2) is 22.2 Å². The fourth-order valence-electron chi connectivity index (χ4n) is 0.932. The van der Waals surface area contributed by atoms with E-state index in [9.17, 15) is 9.59 Å². The lowest BCUT2D eigenvalue weighted by Gasteiger charge is -2.16. The lowest BCUT2D eigenvalue weighted by Crippen LogP contribution is -2.18. The molecule has 0 aromatic rings. The van der Waals surface area contributed by atoms with Crippen molar-refractivity contribution in [1.29, 1.82) is 0 Å². The van der Waals surface area contributed by atoms with Gasteiger partial charge in [-0.15, -0.1) is 0 Å². The first-order chi connectivity index (χ1) is 7.86. The van der Waals surface area contributed by atoms with Gasteiger partial charge in [-0.05, 0) is 39.0 Å². The summed E-state index contributed by atoms with van der Waals surface area (Å²) in [4.78, 5) is 20.1. The van der Waals surface area contributed by atoms with Gasteiger partial charge in [0, 0.05) is 6.42 Å². The van der Waals surface area contributed by atoms with Crippen LogP contribution in [0.15, 0.2) is 0 Å². The van der Waals surface area contributed by atoms with Gasteiger partial charge in [0.05, 0.1) is 5.41 Å². The Morgan fingerprint density at radius 2 is 1.28 bits per heavy atom. The minimum absolute atomic E-state index is 0.316. The minimum Gasteiger partial charge on any atom is -0.481 e. The van der Waals surface area contributed by atoms with Gasteiger partial charge in [-0.2, -0.15) is 0 Å². The molecule has 0 aromatic carbocycles. The van der Waals surface area contributed by atoms with Crippen LogP contribution in [0.5, 0.6) is 0 Å². The SMILES string of the molecule is CC(C)(C)C(=O)O.CC(C)(C)CCCCC(=O)O. The Kier molecular flexibility index (Phi) is 8.69. The topological polar surface area (TPSA) is 74.6 Å². The summed E-state index contributed by atoms with van der Waals surface area (Å²) < 4.78 is 0. The van der Waals surface area contributed by atoms with E-state index in [0.29, 0.717) is 11.8 Å². The van der Waals surface area contributed by atoms with Crippen LogP contribution in [0.3, 0.4) is 0 Å². The van der Waals surface area contributed by atoms with Crippen LogP contribution in [0, 0.1) is 10.8 Å². The van der Waals surface area contributed by atoms with Crippen LogP contribution in [0.1, 0.15) is 67.2 Å². The zero-order valence-corrected chi connectivity index (χ0v) is 12.5. The van der Waals surface area contributed by atoms with Gasteiger partial charge in [0.25, 0.3) is 0 Å². The number of unbranched alkanes of at least 4 members (excludes halogenated alkanes) is 1. The summed E-state index contributed by atoms with van der Waals surface area (Å²) >= 11 is 0. The van der Waals surface area contributed by atoms with Crippen molar-refractivity contribution in [1.82, 2.24) is 0 Å². The molecule has 0 spiro atoms. The molecule has 0 aliphatic heterocycles.